The second-order valence-electron chi connectivity index (χ2n) is 3.79. The summed E-state index contributed by atoms with van der Waals surface area (Å²) in [5.41, 5.74) is 0.279. The van der Waals surface area contributed by atoms with Crippen LogP contribution in [0.2, 0.25) is 0 Å². The monoisotopic (exact) mass is 254 g/mol. The number of nitrogens with zero attached hydrogens (tertiary/aromatic N) is 2. The standard InChI is InChI=1S/C12H15FN2O3/c1-8(2)18-15-5-4-9-6-14-7-10(13)11(9)12(16)17-3/h5-8H,4H2,1-3H3/b15-5-. The molecule has 0 amide bonds. The summed E-state index contributed by atoms with van der Waals surface area (Å²) in [6.07, 6.45) is 4.02. The predicted molar refractivity (Wildman–Crippen MR) is 64.0 cm³/mol. The molecule has 1 aromatic heterocycles. The van der Waals surface area contributed by atoms with E-state index in [2.05, 4.69) is 14.9 Å². The highest BCUT2D eigenvalue weighted by atomic mass is 19.1. The first-order valence-electron chi connectivity index (χ1n) is 5.44. The molecule has 0 aliphatic rings. The molecule has 5 nitrogen and oxygen atoms in total. The summed E-state index contributed by atoms with van der Waals surface area (Å²) in [7, 11) is 1.20. The molecule has 0 aliphatic heterocycles. The number of carbonyl (C=O) groups excluding carboxylic acids is 1. The zero-order chi connectivity index (χ0) is 13.5. The lowest BCUT2D eigenvalue weighted by Gasteiger charge is -2.06. The molecule has 1 heterocycles. The predicted octanol–water partition coefficient (Wildman–Crippen LogP) is 1.96. The number of halogens is 1. The molecular weight excluding hydrogens is 239 g/mol. The Morgan fingerprint density at radius 2 is 2.28 bits per heavy atom. The minimum Gasteiger partial charge on any atom is -0.465 e. The van der Waals surface area contributed by atoms with Crippen LogP contribution in [0, 0.1) is 5.82 Å². The first-order chi connectivity index (χ1) is 8.56. The van der Waals surface area contributed by atoms with E-state index in [0.717, 1.165) is 6.20 Å². The van der Waals surface area contributed by atoms with Gasteiger partial charge in [-0.05, 0) is 19.4 Å². The van der Waals surface area contributed by atoms with E-state index >= 15 is 0 Å². The SMILES string of the molecule is COC(=O)c1c(F)cncc1C/C=N\OC(C)C. The van der Waals surface area contributed by atoms with Gasteiger partial charge in [-0.15, -0.1) is 0 Å². The molecular formula is C12H15FN2O3. The Balaban J connectivity index is 2.85. The number of pyridine rings is 1. The normalized spacial score (nSPS) is 10.9. The molecule has 0 aromatic carbocycles. The molecule has 6 heteroatoms. The van der Waals surface area contributed by atoms with Gasteiger partial charge in [-0.1, -0.05) is 5.16 Å². The van der Waals surface area contributed by atoms with Gasteiger partial charge in [0.15, 0.2) is 5.82 Å². The Labute approximate surface area is 105 Å². The number of aromatic nitrogens is 1. The molecule has 1 rings (SSSR count). The van der Waals surface area contributed by atoms with Crippen LogP contribution in [0.1, 0.15) is 29.8 Å². The molecule has 0 radical (unpaired) electrons. The van der Waals surface area contributed by atoms with Gasteiger partial charge in [-0.2, -0.15) is 0 Å². The van der Waals surface area contributed by atoms with Crippen LogP contribution in [0.3, 0.4) is 0 Å². The number of methoxy groups -OCH3 is 1. The summed E-state index contributed by atoms with van der Waals surface area (Å²) in [4.78, 5) is 20.1. The zero-order valence-electron chi connectivity index (χ0n) is 10.5. The van der Waals surface area contributed by atoms with Crippen LogP contribution in [0.4, 0.5) is 4.39 Å². The van der Waals surface area contributed by atoms with Gasteiger partial charge in [0, 0.05) is 18.8 Å². The van der Waals surface area contributed by atoms with Crippen LogP contribution in [-0.4, -0.2) is 30.4 Å². The fourth-order valence-electron chi connectivity index (χ4n) is 1.26. The second kappa shape index (κ2) is 6.68. The van der Waals surface area contributed by atoms with Crippen LogP contribution in [0.25, 0.3) is 0 Å². The van der Waals surface area contributed by atoms with E-state index in [4.69, 9.17) is 4.84 Å². The van der Waals surface area contributed by atoms with Crippen molar-refractivity contribution in [3.05, 3.63) is 29.3 Å². The molecule has 0 aliphatic carbocycles. The zero-order valence-corrected chi connectivity index (χ0v) is 10.5. The van der Waals surface area contributed by atoms with Gasteiger partial charge in [-0.3, -0.25) is 4.98 Å². The second-order valence-corrected chi connectivity index (χ2v) is 3.79. The minimum atomic E-state index is -0.733. The summed E-state index contributed by atoms with van der Waals surface area (Å²) in [6.45, 7) is 3.67. The van der Waals surface area contributed by atoms with E-state index < -0.39 is 11.8 Å². The lowest BCUT2D eigenvalue weighted by Crippen LogP contribution is -2.10. The van der Waals surface area contributed by atoms with Gasteiger partial charge >= 0.3 is 5.97 Å². The highest BCUT2D eigenvalue weighted by Gasteiger charge is 2.17. The molecule has 0 bridgehead atoms. The van der Waals surface area contributed by atoms with E-state index in [1.165, 1.54) is 19.5 Å². The summed E-state index contributed by atoms with van der Waals surface area (Å²) >= 11 is 0. The van der Waals surface area contributed by atoms with Crippen LogP contribution in [0.15, 0.2) is 17.5 Å². The number of esters is 1. The first kappa shape index (κ1) is 14.1. The molecule has 98 valence electrons. The van der Waals surface area contributed by atoms with Crippen molar-refractivity contribution in [3.63, 3.8) is 0 Å². The van der Waals surface area contributed by atoms with Gasteiger partial charge < -0.3 is 9.57 Å². The molecule has 0 spiro atoms. The van der Waals surface area contributed by atoms with E-state index in [0.29, 0.717) is 5.56 Å². The average Bonchev–Trinajstić information content (AvgIpc) is 2.33. The van der Waals surface area contributed by atoms with Crippen molar-refractivity contribution in [2.75, 3.05) is 7.11 Å². The Morgan fingerprint density at radius 3 is 2.89 bits per heavy atom. The van der Waals surface area contributed by atoms with Gasteiger partial charge in [0.25, 0.3) is 0 Å². The van der Waals surface area contributed by atoms with E-state index in [1.807, 2.05) is 13.8 Å². The molecule has 0 saturated carbocycles. The smallest absolute Gasteiger partial charge is 0.341 e. The van der Waals surface area contributed by atoms with Crippen molar-refractivity contribution in [2.45, 2.75) is 26.4 Å². The number of hydrogen-bond donors (Lipinski definition) is 0. The third kappa shape index (κ3) is 3.80. The Morgan fingerprint density at radius 1 is 1.56 bits per heavy atom. The van der Waals surface area contributed by atoms with Crippen LogP contribution >= 0.6 is 0 Å². The highest BCUT2D eigenvalue weighted by Crippen LogP contribution is 2.13. The maximum absolute atomic E-state index is 13.5. The number of hydrogen-bond acceptors (Lipinski definition) is 5. The summed E-state index contributed by atoms with van der Waals surface area (Å²) in [5, 5.41) is 3.69. The summed E-state index contributed by atoms with van der Waals surface area (Å²) in [5.74, 6) is -1.44. The van der Waals surface area contributed by atoms with E-state index in [1.54, 1.807) is 0 Å². The molecule has 0 unspecified atom stereocenters. The minimum absolute atomic E-state index is 0.0352. The third-order valence-electron chi connectivity index (χ3n) is 2.03. The molecule has 18 heavy (non-hydrogen) atoms. The van der Waals surface area contributed by atoms with Crippen LogP contribution in [0.5, 0.6) is 0 Å². The molecule has 0 atom stereocenters. The lowest BCUT2D eigenvalue weighted by atomic mass is 10.1. The van der Waals surface area contributed by atoms with Crippen molar-refractivity contribution in [1.29, 1.82) is 0 Å². The lowest BCUT2D eigenvalue weighted by molar-refractivity contribution is 0.0594. The Hall–Kier alpha value is -1.98. The van der Waals surface area contributed by atoms with Gasteiger partial charge in [-0.25, -0.2) is 9.18 Å². The van der Waals surface area contributed by atoms with Crippen molar-refractivity contribution in [3.8, 4) is 0 Å². The number of rotatable bonds is 5. The fraction of sp³-hybridized carbons (Fsp3) is 0.417. The number of ether oxygens (including phenoxy) is 1. The van der Waals surface area contributed by atoms with Gasteiger partial charge in [0.2, 0.25) is 0 Å². The van der Waals surface area contributed by atoms with E-state index in [9.17, 15) is 9.18 Å². The maximum Gasteiger partial charge on any atom is 0.341 e. The molecule has 0 fully saturated rings. The summed E-state index contributed by atoms with van der Waals surface area (Å²) in [6, 6.07) is 0. The molecule has 1 aromatic rings. The van der Waals surface area contributed by atoms with Crippen molar-refractivity contribution in [2.24, 2.45) is 5.16 Å². The average molecular weight is 254 g/mol. The Bertz CT molecular complexity index is 447. The largest absolute Gasteiger partial charge is 0.465 e. The first-order valence-corrected chi connectivity index (χ1v) is 5.44. The van der Waals surface area contributed by atoms with Crippen LogP contribution < -0.4 is 0 Å². The topological polar surface area (TPSA) is 60.8 Å². The Kier molecular flexibility index (Phi) is 5.23. The maximum atomic E-state index is 13.5. The summed E-state index contributed by atoms with van der Waals surface area (Å²) < 4.78 is 18.0. The third-order valence-corrected chi connectivity index (χ3v) is 2.03. The van der Waals surface area contributed by atoms with E-state index in [-0.39, 0.29) is 18.1 Å². The van der Waals surface area contributed by atoms with Gasteiger partial charge in [0.05, 0.1) is 13.3 Å². The molecule has 0 N–H and O–H groups in total. The van der Waals surface area contributed by atoms with Crippen molar-refractivity contribution < 1.29 is 18.8 Å². The quantitative estimate of drug-likeness (QED) is 0.458. The highest BCUT2D eigenvalue weighted by molar-refractivity contribution is 5.92. The van der Waals surface area contributed by atoms with Gasteiger partial charge in [0.1, 0.15) is 11.7 Å². The molecule has 0 saturated heterocycles. The fourth-order valence-corrected chi connectivity index (χ4v) is 1.26. The number of carbonyl (C=O) groups is 1. The van der Waals surface area contributed by atoms with Crippen molar-refractivity contribution in [1.82, 2.24) is 4.98 Å². The van der Waals surface area contributed by atoms with Crippen molar-refractivity contribution >= 4 is 12.2 Å². The number of oxime groups is 1. The van der Waals surface area contributed by atoms with Crippen LogP contribution in [-0.2, 0) is 16.0 Å².